The summed E-state index contributed by atoms with van der Waals surface area (Å²) in [6, 6.07) is 0. The van der Waals surface area contributed by atoms with E-state index in [2.05, 4.69) is 12.2 Å². The van der Waals surface area contributed by atoms with E-state index in [0.717, 1.165) is 0 Å². The van der Waals surface area contributed by atoms with E-state index in [0.29, 0.717) is 6.54 Å². The molecule has 2 N–H and O–H groups in total. The summed E-state index contributed by atoms with van der Waals surface area (Å²) in [5.74, 6) is -0.716. The first-order chi connectivity index (χ1) is 6.12. The van der Waals surface area contributed by atoms with Crippen LogP contribution in [0, 0.1) is 0 Å². The first kappa shape index (κ1) is 10.5. The van der Waals surface area contributed by atoms with Crippen LogP contribution in [-0.4, -0.2) is 23.2 Å². The molecule has 3 nitrogen and oxygen atoms in total. The Labute approximate surface area is 79.5 Å². The molecule has 1 fully saturated rings. The molecule has 0 aromatic carbocycles. The largest absolute Gasteiger partial charge is 0.481 e. The number of hydrogen-bond acceptors (Lipinski definition) is 2. The molecule has 0 unspecified atom stereocenters. The fraction of sp³-hybridized carbons (Fsp3) is 0.900. The number of carboxylic acids is 1. The van der Waals surface area contributed by atoms with Gasteiger partial charge in [-0.2, -0.15) is 0 Å². The van der Waals surface area contributed by atoms with Gasteiger partial charge < -0.3 is 10.4 Å². The molecule has 0 aromatic rings. The van der Waals surface area contributed by atoms with Crippen molar-refractivity contribution in [1.82, 2.24) is 5.32 Å². The summed E-state index contributed by atoms with van der Waals surface area (Å²) in [7, 11) is 0. The van der Waals surface area contributed by atoms with E-state index in [1.807, 2.05) is 0 Å². The van der Waals surface area contributed by atoms with Gasteiger partial charge in [0.25, 0.3) is 0 Å². The van der Waals surface area contributed by atoms with Crippen LogP contribution in [0.3, 0.4) is 0 Å². The summed E-state index contributed by atoms with van der Waals surface area (Å²) in [4.78, 5) is 10.3. The van der Waals surface area contributed by atoms with Crippen LogP contribution >= 0.6 is 0 Å². The molecule has 3 heteroatoms. The Morgan fingerprint density at radius 1 is 1.38 bits per heavy atom. The van der Waals surface area contributed by atoms with Crippen LogP contribution in [0.4, 0.5) is 0 Å². The lowest BCUT2D eigenvalue weighted by molar-refractivity contribution is -0.136. The number of carboxylic acid groups (broad SMARTS) is 1. The van der Waals surface area contributed by atoms with Gasteiger partial charge in [-0.05, 0) is 19.8 Å². The minimum Gasteiger partial charge on any atom is -0.481 e. The van der Waals surface area contributed by atoms with Gasteiger partial charge in [-0.3, -0.25) is 4.79 Å². The van der Waals surface area contributed by atoms with Crippen molar-refractivity contribution < 1.29 is 9.90 Å². The SMILES string of the molecule is CC1(NCCC(=O)O)CCCCC1. The average Bonchev–Trinajstić information content (AvgIpc) is 2.04. The van der Waals surface area contributed by atoms with Crippen molar-refractivity contribution in [2.75, 3.05) is 6.54 Å². The van der Waals surface area contributed by atoms with Crippen molar-refractivity contribution in [3.05, 3.63) is 0 Å². The highest BCUT2D eigenvalue weighted by Gasteiger charge is 2.25. The summed E-state index contributed by atoms with van der Waals surface area (Å²) in [6.45, 7) is 2.81. The fourth-order valence-electron chi connectivity index (χ4n) is 1.98. The second-order valence-corrected chi connectivity index (χ2v) is 4.19. The van der Waals surface area contributed by atoms with E-state index in [9.17, 15) is 4.79 Å². The number of hydrogen-bond donors (Lipinski definition) is 2. The van der Waals surface area contributed by atoms with E-state index in [1.54, 1.807) is 0 Å². The van der Waals surface area contributed by atoms with Crippen LogP contribution in [0.25, 0.3) is 0 Å². The molecule has 0 amide bonds. The molecule has 0 heterocycles. The molecular weight excluding hydrogens is 166 g/mol. The summed E-state index contributed by atoms with van der Waals surface area (Å²) in [5, 5.41) is 11.8. The second-order valence-electron chi connectivity index (χ2n) is 4.19. The maximum atomic E-state index is 10.3. The maximum absolute atomic E-state index is 10.3. The van der Waals surface area contributed by atoms with Crippen molar-refractivity contribution in [2.24, 2.45) is 0 Å². The first-order valence-corrected chi connectivity index (χ1v) is 5.09. The Balaban J connectivity index is 2.21. The van der Waals surface area contributed by atoms with Gasteiger partial charge in [-0.25, -0.2) is 0 Å². The van der Waals surface area contributed by atoms with Gasteiger partial charge in [0.05, 0.1) is 6.42 Å². The number of nitrogens with one attached hydrogen (secondary N) is 1. The molecule has 1 aliphatic rings. The zero-order valence-electron chi connectivity index (χ0n) is 8.31. The highest BCUT2D eigenvalue weighted by Crippen LogP contribution is 2.27. The Morgan fingerprint density at radius 3 is 2.54 bits per heavy atom. The normalized spacial score (nSPS) is 21.3. The van der Waals surface area contributed by atoms with Crippen LogP contribution in [0.15, 0.2) is 0 Å². The average molecular weight is 185 g/mol. The molecule has 0 aliphatic heterocycles. The van der Waals surface area contributed by atoms with E-state index < -0.39 is 5.97 Å². The van der Waals surface area contributed by atoms with Gasteiger partial charge >= 0.3 is 5.97 Å². The van der Waals surface area contributed by atoms with Crippen molar-refractivity contribution >= 4 is 5.97 Å². The van der Waals surface area contributed by atoms with Crippen LogP contribution in [0.5, 0.6) is 0 Å². The van der Waals surface area contributed by atoms with Crippen LogP contribution < -0.4 is 5.32 Å². The molecule has 0 saturated heterocycles. The minimum atomic E-state index is -0.716. The van der Waals surface area contributed by atoms with Gasteiger partial charge in [-0.15, -0.1) is 0 Å². The van der Waals surface area contributed by atoms with E-state index in [4.69, 9.17) is 5.11 Å². The Morgan fingerprint density at radius 2 is 2.00 bits per heavy atom. The first-order valence-electron chi connectivity index (χ1n) is 5.09. The molecule has 0 spiro atoms. The molecule has 1 aliphatic carbocycles. The monoisotopic (exact) mass is 185 g/mol. The van der Waals surface area contributed by atoms with Gasteiger partial charge in [-0.1, -0.05) is 19.3 Å². The van der Waals surface area contributed by atoms with E-state index >= 15 is 0 Å². The molecule has 1 rings (SSSR count). The van der Waals surface area contributed by atoms with Crippen molar-refractivity contribution in [1.29, 1.82) is 0 Å². The van der Waals surface area contributed by atoms with Crippen molar-refractivity contribution in [2.45, 2.75) is 51.0 Å². The Kier molecular flexibility index (Phi) is 3.72. The molecule has 1 saturated carbocycles. The molecule has 0 aromatic heterocycles. The summed E-state index contributed by atoms with van der Waals surface area (Å²) >= 11 is 0. The van der Waals surface area contributed by atoms with E-state index in [-0.39, 0.29) is 12.0 Å². The zero-order chi connectivity index (χ0) is 9.73. The third-order valence-corrected chi connectivity index (χ3v) is 2.85. The van der Waals surface area contributed by atoms with E-state index in [1.165, 1.54) is 32.1 Å². The van der Waals surface area contributed by atoms with Gasteiger partial charge in [0.1, 0.15) is 0 Å². The number of aliphatic carboxylic acids is 1. The third kappa shape index (κ3) is 3.77. The molecule has 0 radical (unpaired) electrons. The second kappa shape index (κ2) is 4.61. The molecule has 0 atom stereocenters. The standard InChI is InChI=1S/C10H19NO2/c1-10(6-3-2-4-7-10)11-8-5-9(12)13/h11H,2-8H2,1H3,(H,12,13). The quantitative estimate of drug-likeness (QED) is 0.701. The number of carbonyl (C=O) groups is 1. The molecule has 0 bridgehead atoms. The summed E-state index contributed by atoms with van der Waals surface area (Å²) in [5.41, 5.74) is 0.202. The van der Waals surface area contributed by atoms with Crippen LogP contribution in [0.2, 0.25) is 0 Å². The Bertz CT molecular complexity index is 174. The zero-order valence-corrected chi connectivity index (χ0v) is 8.31. The lowest BCUT2D eigenvalue weighted by Gasteiger charge is -2.34. The Hall–Kier alpha value is -0.570. The summed E-state index contributed by atoms with van der Waals surface area (Å²) < 4.78 is 0. The lowest BCUT2D eigenvalue weighted by Crippen LogP contribution is -2.44. The van der Waals surface area contributed by atoms with Gasteiger partial charge in [0.15, 0.2) is 0 Å². The van der Waals surface area contributed by atoms with Gasteiger partial charge in [0, 0.05) is 12.1 Å². The van der Waals surface area contributed by atoms with Crippen LogP contribution in [0.1, 0.15) is 45.4 Å². The van der Waals surface area contributed by atoms with Crippen molar-refractivity contribution in [3.63, 3.8) is 0 Å². The lowest BCUT2D eigenvalue weighted by atomic mass is 9.83. The molecule has 13 heavy (non-hydrogen) atoms. The summed E-state index contributed by atoms with van der Waals surface area (Å²) in [6.07, 6.45) is 6.48. The molecular formula is C10H19NO2. The predicted octanol–water partition coefficient (Wildman–Crippen LogP) is 1.77. The smallest absolute Gasteiger partial charge is 0.304 e. The van der Waals surface area contributed by atoms with Crippen LogP contribution in [-0.2, 0) is 4.79 Å². The van der Waals surface area contributed by atoms with Crippen molar-refractivity contribution in [3.8, 4) is 0 Å². The highest BCUT2D eigenvalue weighted by atomic mass is 16.4. The van der Waals surface area contributed by atoms with Gasteiger partial charge in [0.2, 0.25) is 0 Å². The number of rotatable bonds is 4. The predicted molar refractivity (Wildman–Crippen MR) is 51.7 cm³/mol. The topological polar surface area (TPSA) is 49.3 Å². The maximum Gasteiger partial charge on any atom is 0.304 e. The third-order valence-electron chi connectivity index (χ3n) is 2.85. The minimum absolute atomic E-state index is 0.202. The fourth-order valence-corrected chi connectivity index (χ4v) is 1.98. The highest BCUT2D eigenvalue weighted by molar-refractivity contribution is 5.66. The molecule has 76 valence electrons.